The van der Waals surface area contributed by atoms with Gasteiger partial charge in [0.15, 0.2) is 5.60 Å². The Labute approximate surface area is 210 Å². The molecule has 3 heterocycles. The molecule has 1 atom stereocenters. The number of anilines is 4. The van der Waals surface area contributed by atoms with Crippen LogP contribution in [0, 0.1) is 0 Å². The number of nitrogens with one attached hydrogen (secondary N) is 4. The van der Waals surface area contributed by atoms with Gasteiger partial charge in [-0.2, -0.15) is 18.2 Å². The van der Waals surface area contributed by atoms with Gasteiger partial charge in [-0.1, -0.05) is 6.07 Å². The summed E-state index contributed by atoms with van der Waals surface area (Å²) >= 11 is 0. The van der Waals surface area contributed by atoms with E-state index in [9.17, 15) is 23.1 Å². The van der Waals surface area contributed by atoms with Crippen molar-refractivity contribution >= 4 is 29.0 Å². The Kier molecular flexibility index (Phi) is 6.46. The van der Waals surface area contributed by atoms with Gasteiger partial charge in [-0.3, -0.25) is 9.78 Å². The molecule has 1 unspecified atom stereocenters. The Morgan fingerprint density at radius 2 is 1.86 bits per heavy atom. The molecule has 5 rings (SSSR count). The summed E-state index contributed by atoms with van der Waals surface area (Å²) in [5.41, 5.74) is -0.244. The molecule has 0 radical (unpaired) electrons. The summed E-state index contributed by atoms with van der Waals surface area (Å²) in [5.74, 6) is -0.0908. The van der Waals surface area contributed by atoms with E-state index in [1.165, 1.54) is 23.4 Å². The summed E-state index contributed by atoms with van der Waals surface area (Å²) < 4.78 is 40.0. The van der Waals surface area contributed by atoms with Crippen LogP contribution in [-0.4, -0.2) is 44.7 Å². The largest absolute Gasteiger partial charge is 0.422 e. The van der Waals surface area contributed by atoms with E-state index < -0.39 is 23.4 Å². The third-order valence-corrected chi connectivity index (χ3v) is 6.37. The number of benzene rings is 1. The van der Waals surface area contributed by atoms with Crippen LogP contribution in [0.4, 0.5) is 36.3 Å². The van der Waals surface area contributed by atoms with Crippen molar-refractivity contribution in [2.75, 3.05) is 17.2 Å². The van der Waals surface area contributed by atoms with Gasteiger partial charge in [0.1, 0.15) is 11.4 Å². The molecular weight excluding hydrogens is 487 g/mol. The Morgan fingerprint density at radius 1 is 1.08 bits per heavy atom. The standard InChI is InChI=1S/C25H26F3N7O2/c1-24(37,25(26,27)28)20-11-18(7-9-30-20)32-21-19(22(36)33-16-4-5-16)13-31-23(35-21)34-17-3-2-15-12-29-8-6-14(15)10-17/h2-3,7,9-11,13,16,29,37H,4-6,8,12H2,1H3,(H,33,36)(H2,30,31,32,34,35). The lowest BCUT2D eigenvalue weighted by molar-refractivity contribution is -0.260. The lowest BCUT2D eigenvalue weighted by atomic mass is 10.0. The van der Waals surface area contributed by atoms with Crippen molar-refractivity contribution in [1.29, 1.82) is 0 Å². The minimum atomic E-state index is -4.93. The minimum Gasteiger partial charge on any atom is -0.375 e. The highest BCUT2D eigenvalue weighted by Gasteiger charge is 2.52. The number of rotatable bonds is 7. The van der Waals surface area contributed by atoms with Gasteiger partial charge in [0.25, 0.3) is 5.91 Å². The van der Waals surface area contributed by atoms with Crippen LogP contribution in [-0.2, 0) is 18.6 Å². The molecule has 194 valence electrons. The highest BCUT2D eigenvalue weighted by atomic mass is 19.4. The molecule has 0 saturated heterocycles. The molecule has 9 nitrogen and oxygen atoms in total. The van der Waals surface area contributed by atoms with Gasteiger partial charge in [-0.25, -0.2) is 4.98 Å². The van der Waals surface area contributed by atoms with Crippen LogP contribution in [0.5, 0.6) is 0 Å². The smallest absolute Gasteiger partial charge is 0.375 e. The maximum atomic E-state index is 13.3. The number of amides is 1. The molecule has 1 amide bonds. The van der Waals surface area contributed by atoms with Crippen molar-refractivity contribution in [1.82, 2.24) is 25.6 Å². The predicted octanol–water partition coefficient (Wildman–Crippen LogP) is 3.67. The first-order valence-electron chi connectivity index (χ1n) is 11.9. The van der Waals surface area contributed by atoms with Gasteiger partial charge in [0, 0.05) is 36.4 Å². The summed E-state index contributed by atoms with van der Waals surface area (Å²) in [7, 11) is 0. The van der Waals surface area contributed by atoms with Crippen molar-refractivity contribution in [3.63, 3.8) is 0 Å². The van der Waals surface area contributed by atoms with Crippen LogP contribution >= 0.6 is 0 Å². The summed E-state index contributed by atoms with van der Waals surface area (Å²) in [5, 5.41) is 22.3. The quantitative estimate of drug-likeness (QED) is 0.324. The van der Waals surface area contributed by atoms with Gasteiger partial charge in [0.05, 0.1) is 5.69 Å². The number of aromatic nitrogens is 3. The highest BCUT2D eigenvalue weighted by molar-refractivity contribution is 5.99. The van der Waals surface area contributed by atoms with Gasteiger partial charge in [0.2, 0.25) is 5.95 Å². The molecule has 37 heavy (non-hydrogen) atoms. The van der Waals surface area contributed by atoms with E-state index in [0.29, 0.717) is 6.92 Å². The predicted molar refractivity (Wildman–Crippen MR) is 131 cm³/mol. The summed E-state index contributed by atoms with van der Waals surface area (Å²) in [6.07, 6.45) is 0.234. The molecule has 1 aliphatic heterocycles. The van der Waals surface area contributed by atoms with Crippen molar-refractivity contribution in [3.05, 3.63) is 65.1 Å². The lowest BCUT2D eigenvalue weighted by Crippen LogP contribution is -2.40. The van der Waals surface area contributed by atoms with Gasteiger partial charge < -0.3 is 26.4 Å². The third-order valence-electron chi connectivity index (χ3n) is 6.37. The maximum Gasteiger partial charge on any atom is 0.422 e. The molecule has 1 fully saturated rings. The molecule has 2 aliphatic rings. The van der Waals surface area contributed by atoms with Crippen molar-refractivity contribution in [2.24, 2.45) is 0 Å². The molecule has 0 bridgehead atoms. The van der Waals surface area contributed by atoms with E-state index in [1.54, 1.807) is 0 Å². The van der Waals surface area contributed by atoms with Gasteiger partial charge in [-0.05, 0) is 68.1 Å². The first-order chi connectivity index (χ1) is 17.6. The van der Waals surface area contributed by atoms with Gasteiger partial charge in [-0.15, -0.1) is 0 Å². The fourth-order valence-corrected chi connectivity index (χ4v) is 3.93. The Bertz CT molecular complexity index is 1330. The van der Waals surface area contributed by atoms with Crippen molar-refractivity contribution in [2.45, 2.75) is 50.6 Å². The molecule has 5 N–H and O–H groups in total. The maximum absolute atomic E-state index is 13.3. The first-order valence-corrected chi connectivity index (χ1v) is 11.9. The van der Waals surface area contributed by atoms with Crippen LogP contribution in [0.25, 0.3) is 0 Å². The number of alkyl halides is 3. The third kappa shape index (κ3) is 5.49. The minimum absolute atomic E-state index is 0.0811. The second-order valence-electron chi connectivity index (χ2n) is 9.36. The highest BCUT2D eigenvalue weighted by Crippen LogP contribution is 2.38. The summed E-state index contributed by atoms with van der Waals surface area (Å²) in [6.45, 7) is 2.33. The molecule has 1 aromatic carbocycles. The zero-order chi connectivity index (χ0) is 26.2. The average molecular weight is 514 g/mol. The number of halogens is 3. The molecular formula is C25H26F3N7O2. The van der Waals surface area contributed by atoms with E-state index in [2.05, 4.69) is 36.2 Å². The number of hydrogen-bond acceptors (Lipinski definition) is 8. The topological polar surface area (TPSA) is 124 Å². The van der Waals surface area contributed by atoms with Crippen LogP contribution < -0.4 is 21.3 Å². The van der Waals surface area contributed by atoms with Gasteiger partial charge >= 0.3 is 6.18 Å². The molecule has 1 saturated carbocycles. The zero-order valence-electron chi connectivity index (χ0n) is 20.0. The number of carbonyl (C=O) groups is 1. The number of fused-ring (bicyclic) bond motifs is 1. The number of pyridine rings is 1. The molecule has 12 heteroatoms. The molecule has 2 aromatic heterocycles. The Morgan fingerprint density at radius 3 is 2.62 bits per heavy atom. The molecule has 1 aliphatic carbocycles. The molecule has 3 aromatic rings. The lowest BCUT2D eigenvalue weighted by Gasteiger charge is -2.26. The number of nitrogens with zero attached hydrogens (tertiary/aromatic N) is 3. The van der Waals surface area contributed by atoms with E-state index in [1.807, 2.05) is 18.2 Å². The Balaban J connectivity index is 1.45. The fourth-order valence-electron chi connectivity index (χ4n) is 3.93. The second-order valence-corrected chi connectivity index (χ2v) is 9.36. The van der Waals surface area contributed by atoms with Crippen molar-refractivity contribution < 1.29 is 23.1 Å². The summed E-state index contributed by atoms with van der Waals surface area (Å²) in [6, 6.07) is 8.52. The van der Waals surface area contributed by atoms with Crippen molar-refractivity contribution in [3.8, 4) is 0 Å². The monoisotopic (exact) mass is 513 g/mol. The molecule has 0 spiro atoms. The van der Waals surface area contributed by atoms with E-state index in [4.69, 9.17) is 0 Å². The Hall–Kier alpha value is -3.77. The SMILES string of the molecule is CC(O)(c1cc(Nc2nc(Nc3ccc4c(c3)CCNC4)ncc2C(=O)NC2CC2)ccn1)C(F)(F)F. The normalized spacial score (nSPS) is 16.9. The summed E-state index contributed by atoms with van der Waals surface area (Å²) in [4.78, 5) is 25.3. The van der Waals surface area contributed by atoms with E-state index in [0.717, 1.165) is 50.3 Å². The van der Waals surface area contributed by atoms with Crippen LogP contribution in [0.1, 0.15) is 46.9 Å². The number of aliphatic hydroxyl groups is 1. The van der Waals surface area contributed by atoms with Crippen LogP contribution in [0.2, 0.25) is 0 Å². The van der Waals surface area contributed by atoms with E-state index >= 15 is 0 Å². The number of hydrogen-bond donors (Lipinski definition) is 5. The van der Waals surface area contributed by atoms with Crippen LogP contribution in [0.3, 0.4) is 0 Å². The van der Waals surface area contributed by atoms with Crippen LogP contribution in [0.15, 0.2) is 42.7 Å². The van der Waals surface area contributed by atoms with E-state index in [-0.39, 0.29) is 29.1 Å². The first kappa shape index (κ1) is 24.9. The number of carbonyl (C=O) groups excluding carboxylic acids is 1. The second kappa shape index (κ2) is 9.60. The fraction of sp³-hybridized carbons (Fsp3) is 0.360. The zero-order valence-corrected chi connectivity index (χ0v) is 20.0. The average Bonchev–Trinajstić information content (AvgIpc) is 3.67.